The first-order valence-electron chi connectivity index (χ1n) is 9.90. The van der Waals surface area contributed by atoms with E-state index in [0.717, 1.165) is 23.9 Å². The number of thiophene rings is 1. The lowest BCUT2D eigenvalue weighted by Gasteiger charge is -2.32. The van der Waals surface area contributed by atoms with E-state index in [4.69, 9.17) is 4.42 Å². The second kappa shape index (κ2) is 7.56. The minimum atomic E-state index is -0.155. The van der Waals surface area contributed by atoms with Crippen LogP contribution in [-0.4, -0.2) is 45.9 Å². The molecule has 0 spiro atoms. The molecule has 154 valence electrons. The third kappa shape index (κ3) is 3.45. The van der Waals surface area contributed by atoms with Gasteiger partial charge in [0.15, 0.2) is 5.58 Å². The van der Waals surface area contributed by atoms with Crippen molar-refractivity contribution in [3.63, 3.8) is 0 Å². The zero-order valence-electron chi connectivity index (χ0n) is 16.5. The van der Waals surface area contributed by atoms with Crippen LogP contribution in [0.5, 0.6) is 0 Å². The maximum Gasteiger partial charge on any atom is 0.298 e. The van der Waals surface area contributed by atoms with Gasteiger partial charge in [-0.05, 0) is 36.4 Å². The van der Waals surface area contributed by atoms with Crippen LogP contribution in [0, 0.1) is 5.92 Å². The highest BCUT2D eigenvalue weighted by Gasteiger charge is 2.29. The number of aromatic amines is 1. The summed E-state index contributed by atoms with van der Waals surface area (Å²) in [5.74, 6) is 0.512. The quantitative estimate of drug-likeness (QED) is 0.542. The summed E-state index contributed by atoms with van der Waals surface area (Å²) in [5.41, 5.74) is 2.13. The molecule has 4 aromatic rings. The summed E-state index contributed by atoms with van der Waals surface area (Å²) in [6.07, 6.45) is 1.46. The first-order valence-corrected chi connectivity index (χ1v) is 10.8. The van der Waals surface area contributed by atoms with Gasteiger partial charge < -0.3 is 19.2 Å². The molecule has 1 amide bonds. The lowest BCUT2D eigenvalue weighted by atomic mass is 9.95. The predicted octanol–water partition coefficient (Wildman–Crippen LogP) is 3.00. The molecule has 30 heavy (non-hydrogen) atoms. The Morgan fingerprint density at radius 3 is 2.83 bits per heavy atom. The molecule has 1 saturated heterocycles. The number of amides is 1. The predicted molar refractivity (Wildman–Crippen MR) is 116 cm³/mol. The molecule has 1 N–H and O–H groups in total. The monoisotopic (exact) mass is 423 g/mol. The molecular weight excluding hydrogens is 402 g/mol. The Hall–Kier alpha value is -3.20. The van der Waals surface area contributed by atoms with Crippen molar-refractivity contribution < 1.29 is 9.21 Å². The van der Waals surface area contributed by atoms with Crippen LogP contribution in [0.2, 0.25) is 0 Å². The van der Waals surface area contributed by atoms with E-state index in [0.29, 0.717) is 35.1 Å². The lowest BCUT2D eigenvalue weighted by Crippen LogP contribution is -2.41. The number of rotatable bonds is 4. The van der Waals surface area contributed by atoms with Crippen molar-refractivity contribution >= 4 is 44.6 Å². The van der Waals surface area contributed by atoms with Crippen molar-refractivity contribution in [1.29, 1.82) is 0 Å². The van der Waals surface area contributed by atoms with E-state index in [1.165, 1.54) is 11.3 Å². The minimum absolute atomic E-state index is 0.0628. The molecule has 1 aromatic carbocycles. The van der Waals surface area contributed by atoms with Crippen molar-refractivity contribution in [2.75, 3.05) is 25.0 Å². The summed E-state index contributed by atoms with van der Waals surface area (Å²) in [4.78, 5) is 40.6. The van der Waals surface area contributed by atoms with Gasteiger partial charge in [0.2, 0.25) is 5.91 Å². The minimum Gasteiger partial charge on any atom is -0.423 e. The zero-order valence-corrected chi connectivity index (χ0v) is 17.3. The van der Waals surface area contributed by atoms with Gasteiger partial charge in [-0.15, -0.1) is 11.3 Å². The topological polar surface area (TPSA) is 95.3 Å². The first kappa shape index (κ1) is 18.8. The number of para-hydroxylation sites is 2. The molecule has 0 saturated carbocycles. The summed E-state index contributed by atoms with van der Waals surface area (Å²) in [5, 5.41) is 1.84. The summed E-state index contributed by atoms with van der Waals surface area (Å²) < 4.78 is 6.46. The molecule has 4 heterocycles. The van der Waals surface area contributed by atoms with Crippen molar-refractivity contribution in [2.45, 2.75) is 19.4 Å². The zero-order chi connectivity index (χ0) is 20.7. The van der Waals surface area contributed by atoms with Gasteiger partial charge in [-0.25, -0.2) is 4.98 Å². The van der Waals surface area contributed by atoms with Crippen LogP contribution in [0.15, 0.2) is 44.9 Å². The van der Waals surface area contributed by atoms with E-state index in [2.05, 4.69) is 19.9 Å². The molecular formula is C21H21N5O3S. The van der Waals surface area contributed by atoms with Crippen LogP contribution in [0.3, 0.4) is 0 Å². The maximum atomic E-state index is 12.9. The Bertz CT molecular complexity index is 1240. The average Bonchev–Trinajstić information content (AvgIpc) is 3.40. The Labute approximate surface area is 176 Å². The Kier molecular flexibility index (Phi) is 4.74. The summed E-state index contributed by atoms with van der Waals surface area (Å²) >= 11 is 1.37. The van der Waals surface area contributed by atoms with Crippen molar-refractivity contribution in [3.8, 4) is 0 Å². The fraction of sp³-hybridized carbons (Fsp3) is 0.333. The Balaban J connectivity index is 1.22. The van der Waals surface area contributed by atoms with Gasteiger partial charge in [-0.2, -0.15) is 4.98 Å². The van der Waals surface area contributed by atoms with E-state index in [1.54, 1.807) is 11.9 Å². The van der Waals surface area contributed by atoms with Gasteiger partial charge >= 0.3 is 0 Å². The lowest BCUT2D eigenvalue weighted by molar-refractivity contribution is -0.135. The third-order valence-electron chi connectivity index (χ3n) is 5.52. The molecule has 0 radical (unpaired) electrons. The van der Waals surface area contributed by atoms with Crippen LogP contribution in [0.25, 0.3) is 21.3 Å². The van der Waals surface area contributed by atoms with Gasteiger partial charge in [-0.3, -0.25) is 9.59 Å². The second-order valence-electron chi connectivity index (χ2n) is 7.57. The number of hydrogen-bond acceptors (Lipinski definition) is 7. The molecule has 1 aliphatic heterocycles. The van der Waals surface area contributed by atoms with Crippen molar-refractivity contribution in [3.05, 3.63) is 51.9 Å². The van der Waals surface area contributed by atoms with Gasteiger partial charge in [0.1, 0.15) is 16.0 Å². The molecule has 1 aliphatic rings. The molecule has 3 aromatic heterocycles. The molecule has 0 atom stereocenters. The normalized spacial score (nSPS) is 15.2. The SMILES string of the molecule is CN(Cc1nc2ccsc2c(=O)[nH]1)C(=O)C1CCN(c2nc3ccccc3o2)CC1. The fourth-order valence-electron chi connectivity index (χ4n) is 3.92. The summed E-state index contributed by atoms with van der Waals surface area (Å²) in [6.45, 7) is 1.71. The Morgan fingerprint density at radius 1 is 1.23 bits per heavy atom. The molecule has 9 heteroatoms. The van der Waals surface area contributed by atoms with Crippen molar-refractivity contribution in [2.24, 2.45) is 5.92 Å². The highest BCUT2D eigenvalue weighted by Crippen LogP contribution is 2.27. The maximum absolute atomic E-state index is 12.9. The number of oxazole rings is 1. The van der Waals surface area contributed by atoms with Gasteiger partial charge in [-0.1, -0.05) is 12.1 Å². The summed E-state index contributed by atoms with van der Waals surface area (Å²) in [7, 11) is 1.76. The number of piperidine rings is 1. The van der Waals surface area contributed by atoms with E-state index in [1.807, 2.05) is 35.7 Å². The van der Waals surface area contributed by atoms with E-state index < -0.39 is 0 Å². The second-order valence-corrected chi connectivity index (χ2v) is 8.48. The number of nitrogens with one attached hydrogen (secondary N) is 1. The van der Waals surface area contributed by atoms with Crippen LogP contribution < -0.4 is 10.5 Å². The van der Waals surface area contributed by atoms with E-state index in [-0.39, 0.29) is 23.9 Å². The largest absolute Gasteiger partial charge is 0.423 e. The van der Waals surface area contributed by atoms with Crippen LogP contribution in [0.4, 0.5) is 6.01 Å². The standard InChI is InChI=1S/C21H21N5O3S/c1-25(12-17-22-15-8-11-30-18(15)19(27)24-17)20(28)13-6-9-26(10-7-13)21-23-14-4-2-3-5-16(14)29-21/h2-5,8,11,13H,6-7,9-10,12H2,1H3,(H,22,24,27). The first-order chi connectivity index (χ1) is 14.6. The summed E-state index contributed by atoms with van der Waals surface area (Å²) in [6, 6.07) is 10.1. The number of benzene rings is 1. The van der Waals surface area contributed by atoms with E-state index in [9.17, 15) is 9.59 Å². The molecule has 1 fully saturated rings. The van der Waals surface area contributed by atoms with Gasteiger partial charge in [0.05, 0.1) is 12.1 Å². The highest BCUT2D eigenvalue weighted by molar-refractivity contribution is 7.17. The van der Waals surface area contributed by atoms with Gasteiger partial charge in [0, 0.05) is 26.1 Å². The number of H-pyrrole nitrogens is 1. The molecule has 8 nitrogen and oxygen atoms in total. The average molecular weight is 423 g/mol. The number of fused-ring (bicyclic) bond motifs is 2. The van der Waals surface area contributed by atoms with Crippen LogP contribution >= 0.6 is 11.3 Å². The Morgan fingerprint density at radius 2 is 2.03 bits per heavy atom. The smallest absolute Gasteiger partial charge is 0.298 e. The van der Waals surface area contributed by atoms with Crippen LogP contribution in [0.1, 0.15) is 18.7 Å². The van der Waals surface area contributed by atoms with Crippen molar-refractivity contribution in [1.82, 2.24) is 19.9 Å². The molecule has 0 aliphatic carbocycles. The number of hydrogen-bond donors (Lipinski definition) is 1. The number of nitrogens with zero attached hydrogens (tertiary/aromatic N) is 4. The van der Waals surface area contributed by atoms with Gasteiger partial charge in [0.25, 0.3) is 11.6 Å². The molecule has 0 unspecified atom stereocenters. The number of carbonyl (C=O) groups is 1. The number of anilines is 1. The molecule has 5 rings (SSSR count). The number of carbonyl (C=O) groups excluding carboxylic acids is 1. The number of aromatic nitrogens is 3. The highest BCUT2D eigenvalue weighted by atomic mass is 32.1. The van der Waals surface area contributed by atoms with E-state index >= 15 is 0 Å². The van der Waals surface area contributed by atoms with Crippen LogP contribution in [-0.2, 0) is 11.3 Å². The molecule has 0 bridgehead atoms. The third-order valence-corrected chi connectivity index (χ3v) is 6.43. The fourth-order valence-corrected chi connectivity index (χ4v) is 4.65.